The molecule has 6 nitrogen and oxygen atoms in total. The van der Waals surface area contributed by atoms with Gasteiger partial charge in [0, 0.05) is 37.9 Å². The van der Waals surface area contributed by atoms with E-state index in [-0.39, 0.29) is 5.91 Å². The second kappa shape index (κ2) is 9.98. The van der Waals surface area contributed by atoms with Gasteiger partial charge in [-0.25, -0.2) is 0 Å². The Morgan fingerprint density at radius 1 is 1.21 bits per heavy atom. The molecule has 1 amide bonds. The SMILES string of the molecule is C=CCOc1ccc(C(=O)N(C)Cc2ccccc2N2CCOCC2)cc1OC. The first kappa shape index (κ1) is 20.7. The minimum atomic E-state index is -0.0737. The summed E-state index contributed by atoms with van der Waals surface area (Å²) in [4.78, 5) is 17.0. The van der Waals surface area contributed by atoms with Gasteiger partial charge >= 0.3 is 0 Å². The van der Waals surface area contributed by atoms with Crippen LogP contribution in [0.3, 0.4) is 0 Å². The van der Waals surface area contributed by atoms with Gasteiger partial charge in [0.2, 0.25) is 0 Å². The van der Waals surface area contributed by atoms with Gasteiger partial charge in [0.1, 0.15) is 6.61 Å². The van der Waals surface area contributed by atoms with E-state index < -0.39 is 0 Å². The van der Waals surface area contributed by atoms with Crippen molar-refractivity contribution in [1.82, 2.24) is 4.90 Å². The van der Waals surface area contributed by atoms with Crippen molar-refractivity contribution in [2.45, 2.75) is 6.54 Å². The molecule has 0 spiro atoms. The summed E-state index contributed by atoms with van der Waals surface area (Å²) in [7, 11) is 3.37. The van der Waals surface area contributed by atoms with Crippen molar-refractivity contribution in [3.63, 3.8) is 0 Å². The Bertz CT molecular complexity index is 847. The van der Waals surface area contributed by atoms with E-state index in [1.807, 2.05) is 19.2 Å². The Labute approximate surface area is 172 Å². The number of nitrogens with zero attached hydrogens (tertiary/aromatic N) is 2. The Hall–Kier alpha value is -2.99. The molecule has 0 atom stereocenters. The minimum absolute atomic E-state index is 0.0737. The molecule has 0 radical (unpaired) electrons. The Morgan fingerprint density at radius 2 is 1.97 bits per heavy atom. The maximum Gasteiger partial charge on any atom is 0.254 e. The molecule has 29 heavy (non-hydrogen) atoms. The molecule has 1 aliphatic heterocycles. The van der Waals surface area contributed by atoms with Crippen molar-refractivity contribution in [3.8, 4) is 11.5 Å². The first-order valence-electron chi connectivity index (χ1n) is 9.72. The van der Waals surface area contributed by atoms with E-state index in [2.05, 4.69) is 23.6 Å². The molecular formula is C23H28N2O4. The van der Waals surface area contributed by atoms with E-state index in [0.717, 1.165) is 37.6 Å². The van der Waals surface area contributed by atoms with E-state index in [4.69, 9.17) is 14.2 Å². The van der Waals surface area contributed by atoms with Crippen molar-refractivity contribution < 1.29 is 19.0 Å². The lowest BCUT2D eigenvalue weighted by Gasteiger charge is -2.31. The van der Waals surface area contributed by atoms with E-state index in [1.165, 1.54) is 0 Å². The van der Waals surface area contributed by atoms with Gasteiger partial charge in [0.25, 0.3) is 5.91 Å². The lowest BCUT2D eigenvalue weighted by molar-refractivity contribution is 0.0784. The summed E-state index contributed by atoms with van der Waals surface area (Å²) in [5.74, 6) is 1.04. The number of morpholine rings is 1. The number of para-hydroxylation sites is 1. The van der Waals surface area contributed by atoms with Gasteiger partial charge in [-0.3, -0.25) is 4.79 Å². The van der Waals surface area contributed by atoms with Crippen LogP contribution in [-0.2, 0) is 11.3 Å². The van der Waals surface area contributed by atoms with Crippen molar-refractivity contribution in [2.24, 2.45) is 0 Å². The molecule has 0 saturated carbocycles. The lowest BCUT2D eigenvalue weighted by atomic mass is 10.1. The highest BCUT2D eigenvalue weighted by Gasteiger charge is 2.19. The molecule has 1 fully saturated rings. The number of rotatable bonds is 8. The zero-order chi connectivity index (χ0) is 20.6. The Kier molecular flexibility index (Phi) is 7.14. The van der Waals surface area contributed by atoms with Crippen LogP contribution in [0.5, 0.6) is 11.5 Å². The van der Waals surface area contributed by atoms with Crippen LogP contribution in [0.15, 0.2) is 55.1 Å². The van der Waals surface area contributed by atoms with Gasteiger partial charge < -0.3 is 24.0 Å². The molecule has 154 valence electrons. The topological polar surface area (TPSA) is 51.2 Å². The zero-order valence-electron chi connectivity index (χ0n) is 17.1. The van der Waals surface area contributed by atoms with E-state index in [0.29, 0.717) is 30.2 Å². The summed E-state index contributed by atoms with van der Waals surface area (Å²) < 4.78 is 16.4. The number of carbonyl (C=O) groups is 1. The monoisotopic (exact) mass is 396 g/mol. The summed E-state index contributed by atoms with van der Waals surface area (Å²) in [5, 5.41) is 0. The first-order valence-corrected chi connectivity index (χ1v) is 9.72. The third-order valence-corrected chi connectivity index (χ3v) is 4.86. The van der Waals surface area contributed by atoms with Crippen molar-refractivity contribution in [3.05, 3.63) is 66.2 Å². The largest absolute Gasteiger partial charge is 0.493 e. The molecule has 0 N–H and O–H groups in total. The number of anilines is 1. The van der Waals surface area contributed by atoms with Gasteiger partial charge in [0.15, 0.2) is 11.5 Å². The van der Waals surface area contributed by atoms with Gasteiger partial charge in [-0.1, -0.05) is 30.9 Å². The van der Waals surface area contributed by atoms with Crippen LogP contribution in [0.2, 0.25) is 0 Å². The number of ether oxygens (including phenoxy) is 3. The zero-order valence-corrected chi connectivity index (χ0v) is 17.1. The van der Waals surface area contributed by atoms with Crippen molar-refractivity contribution in [2.75, 3.05) is 52.0 Å². The summed E-state index contributed by atoms with van der Waals surface area (Å²) in [6, 6.07) is 13.4. The molecule has 0 aliphatic carbocycles. The van der Waals surface area contributed by atoms with Crippen LogP contribution in [0.1, 0.15) is 15.9 Å². The molecule has 6 heteroatoms. The molecule has 1 aliphatic rings. The summed E-state index contributed by atoms with van der Waals surface area (Å²) in [6.07, 6.45) is 1.66. The third-order valence-electron chi connectivity index (χ3n) is 4.86. The van der Waals surface area contributed by atoms with Gasteiger partial charge in [0.05, 0.1) is 20.3 Å². The molecule has 3 rings (SSSR count). The lowest BCUT2D eigenvalue weighted by Crippen LogP contribution is -2.37. The fraction of sp³-hybridized carbons (Fsp3) is 0.348. The molecule has 2 aromatic carbocycles. The molecule has 1 saturated heterocycles. The molecule has 0 bridgehead atoms. The summed E-state index contributed by atoms with van der Waals surface area (Å²) in [5.41, 5.74) is 2.82. The van der Waals surface area contributed by atoms with E-state index >= 15 is 0 Å². The quantitative estimate of drug-likeness (QED) is 0.641. The number of hydrogen-bond acceptors (Lipinski definition) is 5. The number of benzene rings is 2. The van der Waals surface area contributed by atoms with Crippen molar-refractivity contribution >= 4 is 11.6 Å². The van der Waals surface area contributed by atoms with Crippen LogP contribution in [0.4, 0.5) is 5.69 Å². The maximum absolute atomic E-state index is 13.0. The number of amides is 1. The maximum atomic E-state index is 13.0. The van der Waals surface area contributed by atoms with Gasteiger partial charge in [-0.15, -0.1) is 0 Å². The van der Waals surface area contributed by atoms with Crippen LogP contribution in [0.25, 0.3) is 0 Å². The highest BCUT2D eigenvalue weighted by atomic mass is 16.5. The molecule has 0 unspecified atom stereocenters. The fourth-order valence-corrected chi connectivity index (χ4v) is 3.37. The van der Waals surface area contributed by atoms with Gasteiger partial charge in [-0.2, -0.15) is 0 Å². The second-order valence-electron chi connectivity index (χ2n) is 6.85. The van der Waals surface area contributed by atoms with Crippen LogP contribution < -0.4 is 14.4 Å². The third kappa shape index (κ3) is 5.09. The average Bonchev–Trinajstić information content (AvgIpc) is 2.78. The standard InChI is InChI=1S/C23H28N2O4/c1-4-13-29-21-10-9-18(16-22(21)27-3)23(26)24(2)17-19-7-5-6-8-20(19)25-11-14-28-15-12-25/h4-10,16H,1,11-15,17H2,2-3H3. The summed E-state index contributed by atoms with van der Waals surface area (Å²) >= 11 is 0. The fourth-order valence-electron chi connectivity index (χ4n) is 3.37. The van der Waals surface area contributed by atoms with Crippen LogP contribution >= 0.6 is 0 Å². The van der Waals surface area contributed by atoms with E-state index in [9.17, 15) is 4.79 Å². The number of methoxy groups -OCH3 is 1. The summed E-state index contributed by atoms with van der Waals surface area (Å²) in [6.45, 7) is 7.71. The predicted molar refractivity (Wildman–Crippen MR) is 114 cm³/mol. The van der Waals surface area contributed by atoms with Crippen LogP contribution in [0, 0.1) is 0 Å². The van der Waals surface area contributed by atoms with Crippen molar-refractivity contribution in [1.29, 1.82) is 0 Å². The van der Waals surface area contributed by atoms with Crippen LogP contribution in [-0.4, -0.2) is 57.9 Å². The molecule has 1 heterocycles. The highest BCUT2D eigenvalue weighted by molar-refractivity contribution is 5.94. The average molecular weight is 396 g/mol. The predicted octanol–water partition coefficient (Wildman–Crippen LogP) is 3.37. The van der Waals surface area contributed by atoms with E-state index in [1.54, 1.807) is 36.3 Å². The van der Waals surface area contributed by atoms with Gasteiger partial charge in [-0.05, 0) is 29.8 Å². The Balaban J connectivity index is 1.75. The minimum Gasteiger partial charge on any atom is -0.493 e. The first-order chi connectivity index (χ1) is 14.1. The highest BCUT2D eigenvalue weighted by Crippen LogP contribution is 2.29. The smallest absolute Gasteiger partial charge is 0.254 e. The number of carbonyl (C=O) groups excluding carboxylic acids is 1. The number of hydrogen-bond donors (Lipinski definition) is 0. The molecular weight excluding hydrogens is 368 g/mol. The molecule has 2 aromatic rings. The normalized spacial score (nSPS) is 13.7. The Morgan fingerprint density at radius 3 is 2.69 bits per heavy atom. The molecule has 0 aromatic heterocycles. The second-order valence-corrected chi connectivity index (χ2v) is 6.85.